The quantitative estimate of drug-likeness (QED) is 0.562. The van der Waals surface area contributed by atoms with Gasteiger partial charge in [0.1, 0.15) is 0 Å². The summed E-state index contributed by atoms with van der Waals surface area (Å²) in [6.07, 6.45) is 1.39. The number of likely N-dealkylation sites (tertiary alicyclic amines) is 1. The first-order valence-corrected chi connectivity index (χ1v) is 4.85. The van der Waals surface area contributed by atoms with Crippen LogP contribution in [0, 0.1) is 11.8 Å². The summed E-state index contributed by atoms with van der Waals surface area (Å²) >= 11 is 0. The third kappa shape index (κ3) is 2.19. The van der Waals surface area contributed by atoms with Crippen molar-refractivity contribution in [1.29, 1.82) is 0 Å². The van der Waals surface area contributed by atoms with E-state index in [2.05, 4.69) is 32.6 Å². The molecule has 66 valence electrons. The van der Waals surface area contributed by atoms with E-state index in [1.807, 2.05) is 0 Å². The Balaban J connectivity index is 2.40. The summed E-state index contributed by atoms with van der Waals surface area (Å²) in [5.41, 5.74) is 0. The number of rotatable bonds is 1. The van der Waals surface area contributed by atoms with Crippen LogP contribution in [0.5, 0.6) is 0 Å². The summed E-state index contributed by atoms with van der Waals surface area (Å²) in [5.74, 6) is 1.83. The van der Waals surface area contributed by atoms with Crippen molar-refractivity contribution in [2.75, 3.05) is 13.1 Å². The molecule has 0 aromatic heterocycles. The topological polar surface area (TPSA) is 3.24 Å². The SMILES string of the molecule is CC(C)N1CC[C@H](C)[C@H](C)C1. The highest BCUT2D eigenvalue weighted by Crippen LogP contribution is 2.23. The van der Waals surface area contributed by atoms with Crippen LogP contribution in [0.25, 0.3) is 0 Å². The average Bonchev–Trinajstić information content (AvgIpc) is 1.94. The van der Waals surface area contributed by atoms with Crippen LogP contribution < -0.4 is 0 Å². The van der Waals surface area contributed by atoms with Gasteiger partial charge in [0.05, 0.1) is 0 Å². The van der Waals surface area contributed by atoms with E-state index in [0.29, 0.717) is 0 Å². The lowest BCUT2D eigenvalue weighted by atomic mass is 9.88. The fourth-order valence-corrected chi connectivity index (χ4v) is 1.76. The lowest BCUT2D eigenvalue weighted by molar-refractivity contribution is 0.110. The zero-order chi connectivity index (χ0) is 8.43. The number of hydrogen-bond acceptors (Lipinski definition) is 1. The summed E-state index contributed by atoms with van der Waals surface area (Å²) in [6, 6.07) is 0.741. The molecule has 1 fully saturated rings. The fourth-order valence-electron chi connectivity index (χ4n) is 1.76. The predicted molar refractivity (Wildman–Crippen MR) is 49.7 cm³/mol. The molecule has 0 radical (unpaired) electrons. The van der Waals surface area contributed by atoms with Gasteiger partial charge in [-0.2, -0.15) is 0 Å². The normalized spacial score (nSPS) is 34.6. The molecule has 0 aromatic carbocycles. The third-order valence-corrected chi connectivity index (χ3v) is 3.10. The second kappa shape index (κ2) is 3.57. The van der Waals surface area contributed by atoms with Gasteiger partial charge in [-0.3, -0.25) is 0 Å². The van der Waals surface area contributed by atoms with Crippen molar-refractivity contribution < 1.29 is 0 Å². The molecule has 11 heavy (non-hydrogen) atoms. The minimum atomic E-state index is 0.741. The Labute approximate surface area is 70.8 Å². The van der Waals surface area contributed by atoms with Gasteiger partial charge in [0.2, 0.25) is 0 Å². The van der Waals surface area contributed by atoms with Crippen LogP contribution in [0.3, 0.4) is 0 Å². The lowest BCUT2D eigenvalue weighted by Crippen LogP contribution is -2.42. The molecule has 1 heterocycles. The molecule has 1 nitrogen and oxygen atoms in total. The Bertz CT molecular complexity index is 120. The van der Waals surface area contributed by atoms with E-state index < -0.39 is 0 Å². The predicted octanol–water partition coefficient (Wildman–Crippen LogP) is 2.37. The lowest BCUT2D eigenvalue weighted by Gasteiger charge is -2.37. The van der Waals surface area contributed by atoms with Crippen LogP contribution in [0.4, 0.5) is 0 Å². The summed E-state index contributed by atoms with van der Waals surface area (Å²) in [4.78, 5) is 2.59. The molecule has 0 unspecified atom stereocenters. The Hall–Kier alpha value is -0.0400. The van der Waals surface area contributed by atoms with E-state index in [1.165, 1.54) is 19.5 Å². The molecule has 0 saturated carbocycles. The molecular formula is C10H21N. The highest BCUT2D eigenvalue weighted by atomic mass is 15.2. The van der Waals surface area contributed by atoms with Crippen LogP contribution in [0.1, 0.15) is 34.1 Å². The van der Waals surface area contributed by atoms with E-state index in [-0.39, 0.29) is 0 Å². The van der Waals surface area contributed by atoms with E-state index in [9.17, 15) is 0 Å². The van der Waals surface area contributed by atoms with E-state index >= 15 is 0 Å². The monoisotopic (exact) mass is 155 g/mol. The highest BCUT2D eigenvalue weighted by molar-refractivity contribution is 4.76. The van der Waals surface area contributed by atoms with Crippen molar-refractivity contribution in [1.82, 2.24) is 4.90 Å². The van der Waals surface area contributed by atoms with Gasteiger partial charge >= 0.3 is 0 Å². The van der Waals surface area contributed by atoms with Crippen LogP contribution in [0.2, 0.25) is 0 Å². The van der Waals surface area contributed by atoms with Gasteiger partial charge in [-0.05, 0) is 38.6 Å². The number of piperidine rings is 1. The maximum atomic E-state index is 2.59. The first-order valence-electron chi connectivity index (χ1n) is 4.85. The van der Waals surface area contributed by atoms with Gasteiger partial charge in [0.25, 0.3) is 0 Å². The molecule has 0 aromatic rings. The van der Waals surface area contributed by atoms with Gasteiger partial charge in [0.15, 0.2) is 0 Å². The van der Waals surface area contributed by atoms with Gasteiger partial charge in [-0.1, -0.05) is 13.8 Å². The number of nitrogens with zero attached hydrogens (tertiary/aromatic N) is 1. The molecule has 0 N–H and O–H groups in total. The average molecular weight is 155 g/mol. The fraction of sp³-hybridized carbons (Fsp3) is 1.00. The summed E-state index contributed by atoms with van der Waals surface area (Å²) < 4.78 is 0. The maximum Gasteiger partial charge on any atom is 0.00387 e. The van der Waals surface area contributed by atoms with E-state index in [0.717, 1.165) is 17.9 Å². The Morgan fingerprint density at radius 2 is 1.82 bits per heavy atom. The number of hydrogen-bond donors (Lipinski definition) is 0. The standard InChI is InChI=1S/C10H21N/c1-8(2)11-6-5-9(3)10(4)7-11/h8-10H,5-7H2,1-4H3/t9-,10+/m0/s1. The first kappa shape index (κ1) is 9.05. The molecule has 1 heteroatoms. The molecule has 0 aliphatic carbocycles. The smallest absolute Gasteiger partial charge is 0.00387 e. The van der Waals surface area contributed by atoms with Crippen LogP contribution in [0.15, 0.2) is 0 Å². The summed E-state index contributed by atoms with van der Waals surface area (Å²) in [7, 11) is 0. The van der Waals surface area contributed by atoms with Crippen LogP contribution in [-0.4, -0.2) is 24.0 Å². The van der Waals surface area contributed by atoms with Crippen molar-refractivity contribution in [3.63, 3.8) is 0 Å². The Morgan fingerprint density at radius 1 is 1.18 bits per heavy atom. The Kier molecular flexibility index (Phi) is 2.94. The zero-order valence-electron chi connectivity index (χ0n) is 8.30. The first-order chi connectivity index (χ1) is 5.11. The zero-order valence-corrected chi connectivity index (χ0v) is 8.30. The molecule has 1 rings (SSSR count). The molecule has 0 amide bonds. The largest absolute Gasteiger partial charge is 0.301 e. The molecular weight excluding hydrogens is 134 g/mol. The minimum absolute atomic E-state index is 0.741. The minimum Gasteiger partial charge on any atom is -0.301 e. The van der Waals surface area contributed by atoms with Crippen molar-refractivity contribution >= 4 is 0 Å². The molecule has 0 bridgehead atoms. The second-order valence-electron chi connectivity index (χ2n) is 4.33. The van der Waals surface area contributed by atoms with Gasteiger partial charge in [0, 0.05) is 12.6 Å². The van der Waals surface area contributed by atoms with E-state index in [4.69, 9.17) is 0 Å². The summed E-state index contributed by atoms with van der Waals surface area (Å²) in [5, 5.41) is 0. The summed E-state index contributed by atoms with van der Waals surface area (Å²) in [6.45, 7) is 12.0. The van der Waals surface area contributed by atoms with Crippen molar-refractivity contribution in [2.45, 2.75) is 40.2 Å². The Morgan fingerprint density at radius 3 is 2.27 bits per heavy atom. The highest BCUT2D eigenvalue weighted by Gasteiger charge is 2.23. The van der Waals surface area contributed by atoms with E-state index in [1.54, 1.807) is 0 Å². The molecule has 1 aliphatic rings. The van der Waals surface area contributed by atoms with Gasteiger partial charge in [-0.25, -0.2) is 0 Å². The molecule has 0 spiro atoms. The molecule has 2 atom stereocenters. The third-order valence-electron chi connectivity index (χ3n) is 3.10. The van der Waals surface area contributed by atoms with Crippen LogP contribution >= 0.6 is 0 Å². The van der Waals surface area contributed by atoms with Crippen molar-refractivity contribution in [3.8, 4) is 0 Å². The van der Waals surface area contributed by atoms with Gasteiger partial charge in [-0.15, -0.1) is 0 Å². The second-order valence-corrected chi connectivity index (χ2v) is 4.33. The van der Waals surface area contributed by atoms with Crippen molar-refractivity contribution in [3.05, 3.63) is 0 Å². The van der Waals surface area contributed by atoms with Gasteiger partial charge < -0.3 is 4.90 Å². The van der Waals surface area contributed by atoms with Crippen LogP contribution in [-0.2, 0) is 0 Å². The van der Waals surface area contributed by atoms with Crippen molar-refractivity contribution in [2.24, 2.45) is 11.8 Å². The maximum absolute atomic E-state index is 2.59. The molecule has 1 saturated heterocycles. The molecule has 1 aliphatic heterocycles.